The second kappa shape index (κ2) is 6.45. The zero-order chi connectivity index (χ0) is 15.8. The lowest BCUT2D eigenvalue weighted by Gasteiger charge is -2.33. The van der Waals surface area contributed by atoms with Gasteiger partial charge in [-0.05, 0) is 63.9 Å². The van der Waals surface area contributed by atoms with E-state index in [-0.39, 0.29) is 0 Å². The second-order valence-electron chi connectivity index (χ2n) is 7.68. The minimum atomic E-state index is 0.425. The van der Waals surface area contributed by atoms with Crippen LogP contribution in [-0.2, 0) is 4.74 Å². The zero-order valence-electron chi connectivity index (χ0n) is 14.4. The summed E-state index contributed by atoms with van der Waals surface area (Å²) in [5.74, 6) is 1.96. The molecule has 1 N–H and O–H groups in total. The fourth-order valence-electron chi connectivity index (χ4n) is 4.29. The van der Waals surface area contributed by atoms with Gasteiger partial charge in [0, 0.05) is 24.3 Å². The van der Waals surface area contributed by atoms with Crippen LogP contribution in [-0.4, -0.2) is 25.4 Å². The first-order valence-electron chi connectivity index (χ1n) is 9.32. The van der Waals surface area contributed by atoms with Gasteiger partial charge < -0.3 is 14.8 Å². The molecule has 2 aliphatic heterocycles. The normalized spacial score (nSPS) is 31.1. The van der Waals surface area contributed by atoms with Crippen molar-refractivity contribution in [3.63, 3.8) is 0 Å². The molecule has 1 saturated heterocycles. The summed E-state index contributed by atoms with van der Waals surface area (Å²) in [6, 6.07) is 5.57. The summed E-state index contributed by atoms with van der Waals surface area (Å²) in [6.45, 7) is 6.12. The molecule has 3 atom stereocenters. The molecule has 126 valence electrons. The molecule has 3 nitrogen and oxygen atoms in total. The van der Waals surface area contributed by atoms with Crippen molar-refractivity contribution in [2.45, 2.75) is 70.6 Å². The number of fused-ring (bicyclic) bond motifs is 1. The molecule has 2 fully saturated rings. The maximum Gasteiger partial charge on any atom is 0.126 e. The fraction of sp³-hybridized carbons (Fsp3) is 0.700. The maximum atomic E-state index is 6.06. The number of ether oxygens (including phenoxy) is 2. The first kappa shape index (κ1) is 15.5. The SMILES string of the molecule is Cc1cc(C)c2c(c1)[C@H](N[C@@H]1CCO[C@@H](C3CC3)C1)CCCO2. The van der Waals surface area contributed by atoms with Crippen molar-refractivity contribution in [3.05, 3.63) is 28.8 Å². The third kappa shape index (κ3) is 3.41. The van der Waals surface area contributed by atoms with E-state index in [1.165, 1.54) is 42.4 Å². The summed E-state index contributed by atoms with van der Waals surface area (Å²) in [5, 5.41) is 3.96. The van der Waals surface area contributed by atoms with E-state index in [4.69, 9.17) is 9.47 Å². The molecule has 0 unspecified atom stereocenters. The quantitative estimate of drug-likeness (QED) is 0.912. The highest BCUT2D eigenvalue weighted by atomic mass is 16.5. The molecular formula is C20H29NO2. The van der Waals surface area contributed by atoms with Gasteiger partial charge in [-0.1, -0.05) is 17.7 Å². The number of nitrogens with one attached hydrogen (secondary N) is 1. The molecule has 0 aromatic heterocycles. The molecule has 23 heavy (non-hydrogen) atoms. The van der Waals surface area contributed by atoms with E-state index in [0.717, 1.165) is 37.7 Å². The standard InChI is InChI=1S/C20H29NO2/c1-13-10-14(2)20-17(11-13)18(4-3-8-23-20)21-16-7-9-22-19(12-16)15-5-6-15/h10-11,15-16,18-19,21H,3-9,12H2,1-2H3/t16-,18-,19-/m1/s1. The molecular weight excluding hydrogens is 286 g/mol. The van der Waals surface area contributed by atoms with Crippen LogP contribution < -0.4 is 10.1 Å². The van der Waals surface area contributed by atoms with Crippen LogP contribution in [0.3, 0.4) is 0 Å². The van der Waals surface area contributed by atoms with E-state index >= 15 is 0 Å². The first-order chi connectivity index (χ1) is 11.2. The zero-order valence-corrected chi connectivity index (χ0v) is 14.4. The van der Waals surface area contributed by atoms with Crippen LogP contribution in [0.15, 0.2) is 12.1 Å². The van der Waals surface area contributed by atoms with E-state index in [1.54, 1.807) is 0 Å². The Labute approximate surface area is 139 Å². The first-order valence-corrected chi connectivity index (χ1v) is 9.32. The molecule has 1 aliphatic carbocycles. The van der Waals surface area contributed by atoms with Crippen LogP contribution in [0.4, 0.5) is 0 Å². The molecule has 2 heterocycles. The topological polar surface area (TPSA) is 30.5 Å². The maximum absolute atomic E-state index is 6.06. The summed E-state index contributed by atoms with van der Waals surface area (Å²) in [6.07, 6.45) is 7.86. The number of rotatable bonds is 3. The predicted molar refractivity (Wildman–Crippen MR) is 92.0 cm³/mol. The van der Waals surface area contributed by atoms with Crippen molar-refractivity contribution >= 4 is 0 Å². The van der Waals surface area contributed by atoms with Gasteiger partial charge in [-0.25, -0.2) is 0 Å². The monoisotopic (exact) mass is 315 g/mol. The summed E-state index contributed by atoms with van der Waals surface area (Å²) in [5.41, 5.74) is 3.98. The lowest BCUT2D eigenvalue weighted by atomic mass is 9.94. The molecule has 0 spiro atoms. The van der Waals surface area contributed by atoms with Gasteiger partial charge >= 0.3 is 0 Å². The summed E-state index contributed by atoms with van der Waals surface area (Å²) in [7, 11) is 0. The Bertz CT molecular complexity index is 567. The van der Waals surface area contributed by atoms with Crippen LogP contribution in [0.1, 0.15) is 61.3 Å². The highest BCUT2D eigenvalue weighted by Crippen LogP contribution is 2.40. The third-order valence-corrected chi connectivity index (χ3v) is 5.61. The minimum absolute atomic E-state index is 0.425. The average Bonchev–Trinajstić information content (AvgIpc) is 3.36. The molecule has 0 bridgehead atoms. The second-order valence-corrected chi connectivity index (χ2v) is 7.68. The Hall–Kier alpha value is -1.06. The Balaban J connectivity index is 1.52. The van der Waals surface area contributed by atoms with Crippen LogP contribution >= 0.6 is 0 Å². The lowest BCUT2D eigenvalue weighted by molar-refractivity contribution is -0.0130. The van der Waals surface area contributed by atoms with Crippen molar-refractivity contribution in [3.8, 4) is 5.75 Å². The highest BCUT2D eigenvalue weighted by molar-refractivity contribution is 5.46. The van der Waals surface area contributed by atoms with Gasteiger partial charge in [0.15, 0.2) is 0 Å². The van der Waals surface area contributed by atoms with Crippen molar-refractivity contribution in [2.75, 3.05) is 13.2 Å². The fourth-order valence-corrected chi connectivity index (χ4v) is 4.29. The molecule has 1 aromatic rings. The van der Waals surface area contributed by atoms with Crippen LogP contribution in [0.2, 0.25) is 0 Å². The van der Waals surface area contributed by atoms with Gasteiger partial charge in [0.2, 0.25) is 0 Å². The molecule has 1 aromatic carbocycles. The minimum Gasteiger partial charge on any atom is -0.493 e. The lowest BCUT2D eigenvalue weighted by Crippen LogP contribution is -2.41. The Morgan fingerprint density at radius 2 is 1.91 bits per heavy atom. The van der Waals surface area contributed by atoms with Crippen LogP contribution in [0.25, 0.3) is 0 Å². The molecule has 3 heteroatoms. The summed E-state index contributed by atoms with van der Waals surface area (Å²) >= 11 is 0. The van der Waals surface area contributed by atoms with Gasteiger partial charge in [0.05, 0.1) is 12.7 Å². The predicted octanol–water partition coefficient (Wildman–Crippen LogP) is 4.06. The Morgan fingerprint density at radius 3 is 2.74 bits per heavy atom. The molecule has 4 rings (SSSR count). The van der Waals surface area contributed by atoms with E-state index in [9.17, 15) is 0 Å². The van der Waals surface area contributed by atoms with E-state index < -0.39 is 0 Å². The molecule has 0 amide bonds. The van der Waals surface area contributed by atoms with Crippen molar-refractivity contribution < 1.29 is 9.47 Å². The number of hydrogen-bond acceptors (Lipinski definition) is 3. The van der Waals surface area contributed by atoms with Gasteiger partial charge in [0.1, 0.15) is 5.75 Å². The van der Waals surface area contributed by atoms with Gasteiger partial charge in [0.25, 0.3) is 0 Å². The van der Waals surface area contributed by atoms with Crippen molar-refractivity contribution in [2.24, 2.45) is 5.92 Å². The molecule has 1 saturated carbocycles. The van der Waals surface area contributed by atoms with Gasteiger partial charge in [-0.15, -0.1) is 0 Å². The Morgan fingerprint density at radius 1 is 1.04 bits per heavy atom. The van der Waals surface area contributed by atoms with E-state index in [2.05, 4.69) is 31.3 Å². The number of hydrogen-bond donors (Lipinski definition) is 1. The molecule has 0 radical (unpaired) electrons. The Kier molecular flexibility index (Phi) is 4.33. The smallest absolute Gasteiger partial charge is 0.126 e. The van der Waals surface area contributed by atoms with Crippen LogP contribution in [0, 0.1) is 19.8 Å². The van der Waals surface area contributed by atoms with Gasteiger partial charge in [-0.3, -0.25) is 0 Å². The van der Waals surface area contributed by atoms with Crippen molar-refractivity contribution in [1.82, 2.24) is 5.32 Å². The van der Waals surface area contributed by atoms with Gasteiger partial charge in [-0.2, -0.15) is 0 Å². The average molecular weight is 315 g/mol. The van der Waals surface area contributed by atoms with E-state index in [0.29, 0.717) is 18.2 Å². The molecule has 3 aliphatic rings. The van der Waals surface area contributed by atoms with Crippen molar-refractivity contribution in [1.29, 1.82) is 0 Å². The largest absolute Gasteiger partial charge is 0.493 e. The third-order valence-electron chi connectivity index (χ3n) is 5.61. The number of benzene rings is 1. The highest BCUT2D eigenvalue weighted by Gasteiger charge is 2.36. The van der Waals surface area contributed by atoms with E-state index in [1.807, 2.05) is 0 Å². The summed E-state index contributed by atoms with van der Waals surface area (Å²) < 4.78 is 12.0. The van der Waals surface area contributed by atoms with Crippen LogP contribution in [0.5, 0.6) is 5.75 Å². The summed E-state index contributed by atoms with van der Waals surface area (Å²) in [4.78, 5) is 0. The number of aryl methyl sites for hydroxylation is 2.